The summed E-state index contributed by atoms with van der Waals surface area (Å²) in [5.74, 6) is 0.755. The molecule has 0 fully saturated rings. The number of rotatable bonds is 14. The summed E-state index contributed by atoms with van der Waals surface area (Å²) in [6, 6.07) is 12.7. The van der Waals surface area contributed by atoms with Crippen LogP contribution < -0.4 is 5.43 Å². The van der Waals surface area contributed by atoms with Crippen molar-refractivity contribution in [3.8, 4) is 17.1 Å². The highest BCUT2D eigenvalue weighted by atomic mass is 16.3. The number of aliphatic hydroxyl groups is 1. The molecule has 4 heteroatoms. The zero-order valence-corrected chi connectivity index (χ0v) is 19.9. The van der Waals surface area contributed by atoms with E-state index in [2.05, 4.69) is 6.07 Å². The number of aliphatic hydroxyl groups excluding tert-OH is 1. The maximum Gasteiger partial charge on any atom is 0.193 e. The molecule has 1 heterocycles. The predicted molar refractivity (Wildman–Crippen MR) is 136 cm³/mol. The average Bonchev–Trinajstić information content (AvgIpc) is 2.81. The zero-order chi connectivity index (χ0) is 23.5. The van der Waals surface area contributed by atoms with Crippen molar-refractivity contribution in [3.63, 3.8) is 0 Å². The van der Waals surface area contributed by atoms with Gasteiger partial charge >= 0.3 is 0 Å². The van der Waals surface area contributed by atoms with Gasteiger partial charge in [0.2, 0.25) is 0 Å². The quantitative estimate of drug-likeness (QED) is 0.253. The normalized spacial score (nSPS) is 11.3. The van der Waals surface area contributed by atoms with Crippen LogP contribution in [0.2, 0.25) is 0 Å². The van der Waals surface area contributed by atoms with E-state index in [0.717, 1.165) is 36.8 Å². The van der Waals surface area contributed by atoms with Gasteiger partial charge < -0.3 is 14.6 Å². The van der Waals surface area contributed by atoms with Crippen molar-refractivity contribution < 1.29 is 14.6 Å². The van der Waals surface area contributed by atoms with Gasteiger partial charge in [0.15, 0.2) is 5.43 Å². The van der Waals surface area contributed by atoms with E-state index in [9.17, 15) is 9.90 Å². The van der Waals surface area contributed by atoms with Crippen LogP contribution in [0.4, 0.5) is 0 Å². The molecular formula is C29H38O4. The van der Waals surface area contributed by atoms with Gasteiger partial charge in [-0.05, 0) is 67.6 Å². The fourth-order valence-corrected chi connectivity index (χ4v) is 4.34. The van der Waals surface area contributed by atoms with Gasteiger partial charge in [0.25, 0.3) is 0 Å². The Balaban J connectivity index is 1.43. The van der Waals surface area contributed by atoms with E-state index >= 15 is 0 Å². The lowest BCUT2D eigenvalue weighted by Gasteiger charge is -2.07. The van der Waals surface area contributed by atoms with E-state index in [1.807, 2.05) is 25.1 Å². The molecule has 178 valence electrons. The molecule has 0 aliphatic rings. The predicted octanol–water partition coefficient (Wildman–Crippen LogP) is 7.30. The largest absolute Gasteiger partial charge is 0.508 e. The van der Waals surface area contributed by atoms with E-state index < -0.39 is 0 Å². The molecule has 3 rings (SSSR count). The van der Waals surface area contributed by atoms with Gasteiger partial charge in [0, 0.05) is 18.2 Å². The average molecular weight is 451 g/mol. The molecule has 0 radical (unpaired) electrons. The van der Waals surface area contributed by atoms with Crippen LogP contribution >= 0.6 is 0 Å². The summed E-state index contributed by atoms with van der Waals surface area (Å²) in [5, 5.41) is 19.1. The first kappa shape index (κ1) is 25.0. The SMILES string of the molecule is Cc1cc(-c2cc(=O)c3cc(CCCCCCCCCCCCCO)ccc3o2)ccc1O. The Morgan fingerprint density at radius 2 is 1.39 bits per heavy atom. The molecule has 4 nitrogen and oxygen atoms in total. The van der Waals surface area contributed by atoms with E-state index in [4.69, 9.17) is 9.52 Å². The standard InChI is InChI=1S/C29H38O4/c1-22-19-24(15-16-26(22)31)29-21-27(32)25-20-23(14-17-28(25)33-29)13-11-9-7-5-3-2-4-6-8-10-12-18-30/h14-17,19-21,30-31H,2-13,18H2,1H3. The van der Waals surface area contributed by atoms with Gasteiger partial charge in [-0.1, -0.05) is 63.9 Å². The maximum atomic E-state index is 12.7. The first-order chi connectivity index (χ1) is 16.1. The Morgan fingerprint density at radius 1 is 0.758 bits per heavy atom. The van der Waals surface area contributed by atoms with Crippen LogP contribution in [0.1, 0.15) is 81.8 Å². The minimum Gasteiger partial charge on any atom is -0.508 e. The number of aromatic hydroxyl groups is 1. The first-order valence-corrected chi connectivity index (χ1v) is 12.6. The molecule has 0 aliphatic carbocycles. The fourth-order valence-electron chi connectivity index (χ4n) is 4.34. The number of hydrogen-bond donors (Lipinski definition) is 2. The van der Waals surface area contributed by atoms with Crippen molar-refractivity contribution in [1.29, 1.82) is 0 Å². The second-order valence-corrected chi connectivity index (χ2v) is 9.17. The van der Waals surface area contributed by atoms with Gasteiger partial charge in [-0.15, -0.1) is 0 Å². The molecule has 0 saturated heterocycles. The minimum absolute atomic E-state index is 0.0322. The van der Waals surface area contributed by atoms with Crippen molar-refractivity contribution in [2.45, 2.75) is 84.0 Å². The van der Waals surface area contributed by atoms with Gasteiger partial charge in [-0.3, -0.25) is 4.79 Å². The highest BCUT2D eigenvalue weighted by molar-refractivity contribution is 5.79. The third-order valence-electron chi connectivity index (χ3n) is 6.40. The van der Waals surface area contributed by atoms with E-state index in [-0.39, 0.29) is 11.2 Å². The minimum atomic E-state index is -0.0322. The number of phenols is 1. The molecule has 0 unspecified atom stereocenters. The lowest BCUT2D eigenvalue weighted by Crippen LogP contribution is -2.01. The molecule has 2 N–H and O–H groups in total. The van der Waals surface area contributed by atoms with E-state index in [0.29, 0.717) is 23.3 Å². The lowest BCUT2D eigenvalue weighted by atomic mass is 10.0. The van der Waals surface area contributed by atoms with Crippen molar-refractivity contribution in [2.24, 2.45) is 0 Å². The van der Waals surface area contributed by atoms with Crippen LogP contribution in [-0.4, -0.2) is 16.8 Å². The van der Waals surface area contributed by atoms with Gasteiger partial charge in [0.1, 0.15) is 17.1 Å². The van der Waals surface area contributed by atoms with Crippen LogP contribution in [0.25, 0.3) is 22.3 Å². The number of hydrogen-bond acceptors (Lipinski definition) is 4. The highest BCUT2D eigenvalue weighted by Crippen LogP contribution is 2.27. The van der Waals surface area contributed by atoms with Crippen LogP contribution in [-0.2, 0) is 6.42 Å². The van der Waals surface area contributed by atoms with Crippen molar-refractivity contribution in [1.82, 2.24) is 0 Å². The number of unbranched alkanes of at least 4 members (excludes halogenated alkanes) is 10. The Hall–Kier alpha value is -2.59. The van der Waals surface area contributed by atoms with Gasteiger partial charge in [-0.25, -0.2) is 0 Å². The van der Waals surface area contributed by atoms with Crippen molar-refractivity contribution in [2.75, 3.05) is 6.61 Å². The maximum absolute atomic E-state index is 12.7. The summed E-state index contributed by atoms with van der Waals surface area (Å²) in [6.07, 6.45) is 14.5. The number of benzene rings is 2. The number of phenolic OH excluding ortho intramolecular Hbond substituents is 1. The Bertz CT molecular complexity index is 1070. The molecule has 3 aromatic rings. The smallest absolute Gasteiger partial charge is 0.193 e. The molecule has 0 aliphatic heterocycles. The van der Waals surface area contributed by atoms with Crippen molar-refractivity contribution in [3.05, 3.63) is 63.8 Å². The summed E-state index contributed by atoms with van der Waals surface area (Å²) in [4.78, 5) is 12.7. The lowest BCUT2D eigenvalue weighted by molar-refractivity contribution is 0.282. The summed E-state index contributed by atoms with van der Waals surface area (Å²) in [7, 11) is 0. The molecule has 1 aromatic heterocycles. The summed E-state index contributed by atoms with van der Waals surface area (Å²) < 4.78 is 6.00. The molecule has 0 atom stereocenters. The number of aryl methyl sites for hydroxylation is 2. The molecule has 0 bridgehead atoms. The Labute approximate surface area is 197 Å². The van der Waals surface area contributed by atoms with Crippen molar-refractivity contribution >= 4 is 11.0 Å². The monoisotopic (exact) mass is 450 g/mol. The highest BCUT2D eigenvalue weighted by Gasteiger charge is 2.09. The molecule has 33 heavy (non-hydrogen) atoms. The summed E-state index contributed by atoms with van der Waals surface area (Å²) >= 11 is 0. The van der Waals surface area contributed by atoms with Crippen LogP contribution in [0.3, 0.4) is 0 Å². The molecule has 0 amide bonds. The van der Waals surface area contributed by atoms with Crippen LogP contribution in [0, 0.1) is 6.92 Å². The molecule has 0 saturated carbocycles. The number of fused-ring (bicyclic) bond motifs is 1. The van der Waals surface area contributed by atoms with E-state index in [1.54, 1.807) is 18.2 Å². The Kier molecular flexibility index (Phi) is 10.0. The van der Waals surface area contributed by atoms with Gasteiger partial charge in [0.05, 0.1) is 5.39 Å². The molecule has 0 spiro atoms. The molecule has 2 aromatic carbocycles. The third kappa shape index (κ3) is 7.75. The van der Waals surface area contributed by atoms with Crippen LogP contribution in [0.5, 0.6) is 5.75 Å². The third-order valence-corrected chi connectivity index (χ3v) is 6.40. The second-order valence-electron chi connectivity index (χ2n) is 9.17. The van der Waals surface area contributed by atoms with Gasteiger partial charge in [-0.2, -0.15) is 0 Å². The van der Waals surface area contributed by atoms with E-state index in [1.165, 1.54) is 56.9 Å². The zero-order valence-electron chi connectivity index (χ0n) is 19.9. The fraction of sp³-hybridized carbons (Fsp3) is 0.483. The topological polar surface area (TPSA) is 70.7 Å². The first-order valence-electron chi connectivity index (χ1n) is 12.6. The summed E-state index contributed by atoms with van der Waals surface area (Å²) in [6.45, 7) is 2.15. The molecular weight excluding hydrogens is 412 g/mol. The van der Waals surface area contributed by atoms with Crippen LogP contribution in [0.15, 0.2) is 51.7 Å². The summed E-state index contributed by atoms with van der Waals surface area (Å²) in [5.41, 5.74) is 3.29. The second kappa shape index (κ2) is 13.2. The Morgan fingerprint density at radius 3 is 2.03 bits per heavy atom.